The molecule has 1 amide bonds. The zero-order chi connectivity index (χ0) is 11.4. The van der Waals surface area contributed by atoms with E-state index in [2.05, 4.69) is 33.0 Å². The Labute approximate surface area is 108 Å². The van der Waals surface area contributed by atoms with Crippen molar-refractivity contribution in [1.29, 1.82) is 0 Å². The maximum Gasteiger partial charge on any atom is 0.241 e. The van der Waals surface area contributed by atoms with Crippen LogP contribution in [0.25, 0.3) is 0 Å². The van der Waals surface area contributed by atoms with E-state index in [1.807, 2.05) is 6.20 Å². The van der Waals surface area contributed by atoms with Crippen molar-refractivity contribution in [3.8, 4) is 0 Å². The van der Waals surface area contributed by atoms with E-state index in [-0.39, 0.29) is 18.6 Å². The first kappa shape index (κ1) is 11.8. The highest BCUT2D eigenvalue weighted by molar-refractivity contribution is 14.1. The molecule has 1 fully saturated rings. The van der Waals surface area contributed by atoms with Crippen LogP contribution in [0.4, 0.5) is 0 Å². The van der Waals surface area contributed by atoms with Gasteiger partial charge in [-0.25, -0.2) is 0 Å². The van der Waals surface area contributed by atoms with Crippen molar-refractivity contribution >= 4 is 28.5 Å². The molecule has 0 radical (unpaired) electrons. The van der Waals surface area contributed by atoms with Gasteiger partial charge in [0, 0.05) is 19.3 Å². The van der Waals surface area contributed by atoms with Gasteiger partial charge in [0.05, 0.1) is 15.9 Å². The lowest BCUT2D eigenvalue weighted by Crippen LogP contribution is -2.34. The summed E-state index contributed by atoms with van der Waals surface area (Å²) in [5, 5.41) is 6.91. The summed E-state index contributed by atoms with van der Waals surface area (Å²) in [6, 6.07) is 0. The van der Waals surface area contributed by atoms with Gasteiger partial charge in [-0.15, -0.1) is 0 Å². The Morgan fingerprint density at radius 2 is 2.62 bits per heavy atom. The molecule has 1 saturated heterocycles. The Hall–Kier alpha value is -0.630. The van der Waals surface area contributed by atoms with Crippen LogP contribution in [0.3, 0.4) is 0 Å². The summed E-state index contributed by atoms with van der Waals surface area (Å²) in [7, 11) is 0. The number of halogens is 1. The van der Waals surface area contributed by atoms with Gasteiger partial charge in [-0.2, -0.15) is 5.10 Å². The van der Waals surface area contributed by atoms with E-state index in [1.165, 1.54) is 0 Å². The van der Waals surface area contributed by atoms with Crippen LogP contribution in [0.1, 0.15) is 12.8 Å². The number of ether oxygens (including phenoxy) is 1. The largest absolute Gasteiger partial charge is 0.376 e. The molecule has 2 rings (SSSR count). The fraction of sp³-hybridized carbons (Fsp3) is 0.600. The van der Waals surface area contributed by atoms with Gasteiger partial charge in [-0.05, 0) is 35.4 Å². The Bertz CT molecular complexity index is 361. The minimum Gasteiger partial charge on any atom is -0.376 e. The summed E-state index contributed by atoms with van der Waals surface area (Å²) < 4.78 is 8.08. The second-order valence-corrected chi connectivity index (χ2v) is 5.04. The quantitative estimate of drug-likeness (QED) is 0.828. The Balaban J connectivity index is 1.71. The lowest BCUT2D eigenvalue weighted by Gasteiger charge is -2.10. The second-order valence-electron chi connectivity index (χ2n) is 3.80. The van der Waals surface area contributed by atoms with Crippen LogP contribution in [-0.2, 0) is 16.1 Å². The molecule has 1 aliphatic rings. The third-order valence-corrected chi connectivity index (χ3v) is 3.02. The van der Waals surface area contributed by atoms with Crippen molar-refractivity contribution in [2.45, 2.75) is 25.5 Å². The van der Waals surface area contributed by atoms with Gasteiger partial charge in [-0.3, -0.25) is 9.48 Å². The van der Waals surface area contributed by atoms with Gasteiger partial charge in [0.2, 0.25) is 5.91 Å². The average molecular weight is 335 g/mol. The Morgan fingerprint density at radius 3 is 3.25 bits per heavy atom. The highest BCUT2D eigenvalue weighted by Crippen LogP contribution is 2.10. The molecule has 0 spiro atoms. The van der Waals surface area contributed by atoms with E-state index in [0.717, 1.165) is 23.0 Å². The predicted molar refractivity (Wildman–Crippen MR) is 66.9 cm³/mol. The Kier molecular flexibility index (Phi) is 4.16. The summed E-state index contributed by atoms with van der Waals surface area (Å²) in [5.41, 5.74) is 0. The van der Waals surface area contributed by atoms with Gasteiger partial charge in [-0.1, -0.05) is 0 Å². The Morgan fingerprint density at radius 1 is 1.75 bits per heavy atom. The van der Waals surface area contributed by atoms with Gasteiger partial charge in [0.25, 0.3) is 0 Å². The van der Waals surface area contributed by atoms with E-state index in [9.17, 15) is 4.79 Å². The number of nitrogens with one attached hydrogen (secondary N) is 1. The van der Waals surface area contributed by atoms with Crippen LogP contribution in [0.2, 0.25) is 0 Å². The highest BCUT2D eigenvalue weighted by Gasteiger charge is 2.16. The van der Waals surface area contributed by atoms with E-state index in [1.54, 1.807) is 10.9 Å². The van der Waals surface area contributed by atoms with Crippen LogP contribution >= 0.6 is 22.6 Å². The molecule has 1 aromatic rings. The van der Waals surface area contributed by atoms with E-state index < -0.39 is 0 Å². The summed E-state index contributed by atoms with van der Waals surface area (Å²) in [6.07, 6.45) is 5.90. The zero-order valence-corrected chi connectivity index (χ0v) is 11.0. The summed E-state index contributed by atoms with van der Waals surface area (Å²) in [6.45, 7) is 1.70. The normalized spacial score (nSPS) is 19.9. The lowest BCUT2D eigenvalue weighted by molar-refractivity contribution is -0.122. The van der Waals surface area contributed by atoms with Crippen LogP contribution in [0.5, 0.6) is 0 Å². The van der Waals surface area contributed by atoms with E-state index in [4.69, 9.17) is 4.74 Å². The summed E-state index contributed by atoms with van der Waals surface area (Å²) in [4.78, 5) is 11.5. The first-order valence-electron chi connectivity index (χ1n) is 5.30. The number of hydrogen-bond donors (Lipinski definition) is 1. The second kappa shape index (κ2) is 5.62. The minimum atomic E-state index is -0.0185. The molecule has 5 nitrogen and oxygen atoms in total. The van der Waals surface area contributed by atoms with Gasteiger partial charge >= 0.3 is 0 Å². The first-order chi connectivity index (χ1) is 7.74. The van der Waals surface area contributed by atoms with Gasteiger partial charge in [0.1, 0.15) is 6.54 Å². The number of carbonyl (C=O) groups excluding carboxylic acids is 1. The molecule has 0 aliphatic carbocycles. The van der Waals surface area contributed by atoms with Crippen molar-refractivity contribution in [2.75, 3.05) is 13.2 Å². The fourth-order valence-electron chi connectivity index (χ4n) is 1.66. The van der Waals surface area contributed by atoms with Gasteiger partial charge < -0.3 is 10.1 Å². The molecule has 2 heterocycles. The topological polar surface area (TPSA) is 56.2 Å². The SMILES string of the molecule is O=C(Cn1cc(I)cn1)NCC1CCCO1. The molecule has 0 aromatic carbocycles. The third-order valence-electron chi connectivity index (χ3n) is 2.46. The smallest absolute Gasteiger partial charge is 0.241 e. The maximum absolute atomic E-state index is 11.5. The number of hydrogen-bond acceptors (Lipinski definition) is 3. The average Bonchev–Trinajstić information content (AvgIpc) is 2.87. The van der Waals surface area contributed by atoms with E-state index >= 15 is 0 Å². The monoisotopic (exact) mass is 335 g/mol. The summed E-state index contributed by atoms with van der Waals surface area (Å²) in [5.74, 6) is -0.0185. The number of aromatic nitrogens is 2. The predicted octanol–water partition coefficient (Wildman–Crippen LogP) is 0.783. The van der Waals surface area contributed by atoms with Crippen LogP contribution in [-0.4, -0.2) is 34.9 Å². The molecule has 16 heavy (non-hydrogen) atoms. The molecule has 1 unspecified atom stereocenters. The zero-order valence-electron chi connectivity index (χ0n) is 8.86. The number of rotatable bonds is 4. The number of carbonyl (C=O) groups is 1. The number of amides is 1. The fourth-order valence-corrected chi connectivity index (χ4v) is 2.11. The first-order valence-corrected chi connectivity index (χ1v) is 6.38. The third kappa shape index (κ3) is 3.44. The molecule has 1 aliphatic heterocycles. The van der Waals surface area contributed by atoms with Crippen molar-refractivity contribution in [3.05, 3.63) is 16.0 Å². The van der Waals surface area contributed by atoms with Crippen molar-refractivity contribution in [1.82, 2.24) is 15.1 Å². The van der Waals surface area contributed by atoms with Crippen molar-refractivity contribution < 1.29 is 9.53 Å². The molecule has 0 saturated carbocycles. The van der Waals surface area contributed by atoms with Crippen molar-refractivity contribution in [3.63, 3.8) is 0 Å². The molecular formula is C10H14IN3O2. The minimum absolute atomic E-state index is 0.0185. The van der Waals surface area contributed by atoms with Crippen LogP contribution in [0, 0.1) is 3.57 Å². The maximum atomic E-state index is 11.5. The molecule has 1 aromatic heterocycles. The molecule has 6 heteroatoms. The lowest BCUT2D eigenvalue weighted by atomic mass is 10.2. The number of nitrogens with zero attached hydrogens (tertiary/aromatic N) is 2. The molecule has 1 atom stereocenters. The molecular weight excluding hydrogens is 321 g/mol. The van der Waals surface area contributed by atoms with Crippen molar-refractivity contribution in [2.24, 2.45) is 0 Å². The van der Waals surface area contributed by atoms with Crippen LogP contribution in [0.15, 0.2) is 12.4 Å². The summed E-state index contributed by atoms with van der Waals surface area (Å²) >= 11 is 2.16. The van der Waals surface area contributed by atoms with E-state index in [0.29, 0.717) is 6.54 Å². The molecule has 0 bridgehead atoms. The molecule has 88 valence electrons. The highest BCUT2D eigenvalue weighted by atomic mass is 127. The standard InChI is InChI=1S/C10H14IN3O2/c11-8-4-13-14(6-8)7-10(15)12-5-9-2-1-3-16-9/h4,6,9H,1-3,5,7H2,(H,12,15). The molecule has 1 N–H and O–H groups in total. The van der Waals surface area contributed by atoms with Gasteiger partial charge in [0.15, 0.2) is 0 Å². The van der Waals surface area contributed by atoms with Crippen LogP contribution < -0.4 is 5.32 Å².